The molecule has 0 aliphatic rings. The third kappa shape index (κ3) is 2.54. The van der Waals surface area contributed by atoms with Crippen molar-refractivity contribution in [2.24, 2.45) is 0 Å². The van der Waals surface area contributed by atoms with Gasteiger partial charge in [0.25, 0.3) is 0 Å². The predicted octanol–water partition coefficient (Wildman–Crippen LogP) is 2.50. The fraction of sp³-hybridized carbons (Fsp3) is 0.200. The summed E-state index contributed by atoms with van der Waals surface area (Å²) >= 11 is 0. The molecule has 0 fully saturated rings. The van der Waals surface area contributed by atoms with Gasteiger partial charge in [-0.05, 0) is 19.1 Å². The molecule has 0 saturated heterocycles. The molecule has 0 bridgehead atoms. The molecule has 108 valence electrons. The van der Waals surface area contributed by atoms with Gasteiger partial charge in [0, 0.05) is 17.8 Å². The number of hydrogen-bond donors (Lipinski definition) is 0. The Bertz CT molecular complexity index is 914. The summed E-state index contributed by atoms with van der Waals surface area (Å²) in [6.45, 7) is 3.56. The standard InChI is InChI=1S/C15H15N3O2S/c1-3-21(19,20)13-6-4-5-12(7-13)14-8-15-17-11(2)9-18(15)10-16-14/h4-10H,3H2,1-2H3. The average molecular weight is 301 g/mol. The SMILES string of the molecule is CCS(=O)(=O)c1cccc(-c2cc3nc(C)cn3cn2)c1. The zero-order valence-corrected chi connectivity index (χ0v) is 12.6. The summed E-state index contributed by atoms with van der Waals surface area (Å²) in [5.74, 6) is 0.0857. The molecule has 6 heteroatoms. The molecular formula is C15H15N3O2S. The smallest absolute Gasteiger partial charge is 0.178 e. The van der Waals surface area contributed by atoms with Crippen molar-refractivity contribution >= 4 is 15.5 Å². The Balaban J connectivity index is 2.12. The van der Waals surface area contributed by atoms with Crippen molar-refractivity contribution in [2.75, 3.05) is 5.75 Å². The van der Waals surface area contributed by atoms with Crippen molar-refractivity contribution in [2.45, 2.75) is 18.7 Å². The topological polar surface area (TPSA) is 64.3 Å². The Hall–Kier alpha value is -2.21. The van der Waals surface area contributed by atoms with Crippen LogP contribution in [0.4, 0.5) is 0 Å². The van der Waals surface area contributed by atoms with Crippen molar-refractivity contribution in [1.82, 2.24) is 14.4 Å². The lowest BCUT2D eigenvalue weighted by Crippen LogP contribution is -2.03. The highest BCUT2D eigenvalue weighted by Gasteiger charge is 2.13. The first-order valence-electron chi connectivity index (χ1n) is 6.64. The molecule has 0 aliphatic heterocycles. The molecule has 0 atom stereocenters. The molecule has 0 spiro atoms. The van der Waals surface area contributed by atoms with E-state index in [1.807, 2.05) is 29.7 Å². The summed E-state index contributed by atoms with van der Waals surface area (Å²) in [7, 11) is -3.22. The van der Waals surface area contributed by atoms with Gasteiger partial charge in [0.05, 0.1) is 22.0 Å². The van der Waals surface area contributed by atoms with Gasteiger partial charge >= 0.3 is 0 Å². The molecule has 1 aromatic carbocycles. The molecule has 0 N–H and O–H groups in total. The quantitative estimate of drug-likeness (QED) is 0.745. The van der Waals surface area contributed by atoms with Crippen LogP contribution < -0.4 is 0 Å². The zero-order valence-electron chi connectivity index (χ0n) is 11.8. The van der Waals surface area contributed by atoms with Crippen LogP contribution in [0, 0.1) is 6.92 Å². The molecule has 21 heavy (non-hydrogen) atoms. The minimum Gasteiger partial charge on any atom is -0.290 e. The lowest BCUT2D eigenvalue weighted by Gasteiger charge is -2.05. The van der Waals surface area contributed by atoms with Crippen molar-refractivity contribution in [3.05, 3.63) is 48.5 Å². The minimum atomic E-state index is -3.22. The molecule has 2 heterocycles. The normalized spacial score (nSPS) is 11.9. The second-order valence-corrected chi connectivity index (χ2v) is 7.13. The number of aryl methyl sites for hydroxylation is 1. The second kappa shape index (κ2) is 4.96. The van der Waals surface area contributed by atoms with E-state index in [4.69, 9.17) is 0 Å². The zero-order chi connectivity index (χ0) is 15.0. The van der Waals surface area contributed by atoms with Gasteiger partial charge in [0.2, 0.25) is 0 Å². The highest BCUT2D eigenvalue weighted by molar-refractivity contribution is 7.91. The van der Waals surface area contributed by atoms with Gasteiger partial charge in [-0.15, -0.1) is 0 Å². The number of benzene rings is 1. The fourth-order valence-electron chi connectivity index (χ4n) is 2.19. The van der Waals surface area contributed by atoms with Gasteiger partial charge in [-0.2, -0.15) is 0 Å². The second-order valence-electron chi connectivity index (χ2n) is 4.85. The van der Waals surface area contributed by atoms with Crippen LogP contribution in [-0.4, -0.2) is 28.5 Å². The van der Waals surface area contributed by atoms with Gasteiger partial charge in [-0.25, -0.2) is 18.4 Å². The van der Waals surface area contributed by atoms with Crippen molar-refractivity contribution < 1.29 is 8.42 Å². The molecule has 0 saturated carbocycles. The van der Waals surface area contributed by atoms with E-state index in [0.717, 1.165) is 16.9 Å². The van der Waals surface area contributed by atoms with E-state index in [1.54, 1.807) is 31.5 Å². The van der Waals surface area contributed by atoms with Gasteiger partial charge in [0.15, 0.2) is 9.84 Å². The first-order valence-corrected chi connectivity index (χ1v) is 8.29. The lowest BCUT2D eigenvalue weighted by atomic mass is 10.1. The Morgan fingerprint density at radius 2 is 2.05 bits per heavy atom. The van der Waals surface area contributed by atoms with Crippen molar-refractivity contribution in [1.29, 1.82) is 0 Å². The Labute approximate surface area is 123 Å². The summed E-state index contributed by atoms with van der Waals surface area (Å²) in [4.78, 5) is 9.08. The van der Waals surface area contributed by atoms with Gasteiger partial charge < -0.3 is 0 Å². The average Bonchev–Trinajstić information content (AvgIpc) is 2.86. The molecule has 0 aliphatic carbocycles. The van der Waals surface area contributed by atoms with Crippen molar-refractivity contribution in [3.8, 4) is 11.3 Å². The predicted molar refractivity (Wildman–Crippen MR) is 80.9 cm³/mol. The van der Waals surface area contributed by atoms with E-state index in [-0.39, 0.29) is 5.75 Å². The van der Waals surface area contributed by atoms with Crippen LogP contribution in [0.1, 0.15) is 12.6 Å². The number of fused-ring (bicyclic) bond motifs is 1. The van der Waals surface area contributed by atoms with E-state index in [9.17, 15) is 8.42 Å². The van der Waals surface area contributed by atoms with Gasteiger partial charge in [-0.3, -0.25) is 4.40 Å². The molecule has 0 radical (unpaired) electrons. The van der Waals surface area contributed by atoms with E-state index >= 15 is 0 Å². The summed E-state index contributed by atoms with van der Waals surface area (Å²) in [6, 6.07) is 8.71. The van der Waals surface area contributed by atoms with Crippen LogP contribution in [-0.2, 0) is 9.84 Å². The van der Waals surface area contributed by atoms with E-state index in [2.05, 4.69) is 9.97 Å². The maximum absolute atomic E-state index is 12.0. The van der Waals surface area contributed by atoms with Crippen LogP contribution in [0.2, 0.25) is 0 Å². The van der Waals surface area contributed by atoms with Gasteiger partial charge in [0.1, 0.15) is 12.0 Å². The first-order chi connectivity index (χ1) is 9.99. The Morgan fingerprint density at radius 3 is 2.81 bits per heavy atom. The van der Waals surface area contributed by atoms with Crippen LogP contribution in [0.15, 0.2) is 47.8 Å². The van der Waals surface area contributed by atoms with E-state index in [1.165, 1.54) is 0 Å². The molecule has 3 rings (SSSR count). The minimum absolute atomic E-state index is 0.0857. The monoisotopic (exact) mass is 301 g/mol. The third-order valence-corrected chi connectivity index (χ3v) is 5.07. The molecule has 0 unspecified atom stereocenters. The summed E-state index contributed by atoms with van der Waals surface area (Å²) in [5.41, 5.74) is 3.19. The molecular weight excluding hydrogens is 286 g/mol. The molecule has 2 aromatic heterocycles. The van der Waals surface area contributed by atoms with Crippen LogP contribution in [0.3, 0.4) is 0 Å². The van der Waals surface area contributed by atoms with E-state index in [0.29, 0.717) is 10.6 Å². The molecule has 3 aromatic rings. The largest absolute Gasteiger partial charge is 0.290 e. The van der Waals surface area contributed by atoms with E-state index < -0.39 is 9.84 Å². The first kappa shape index (κ1) is 13.8. The highest BCUT2D eigenvalue weighted by atomic mass is 32.2. The van der Waals surface area contributed by atoms with Crippen molar-refractivity contribution in [3.63, 3.8) is 0 Å². The maximum atomic E-state index is 12.0. The third-order valence-electron chi connectivity index (χ3n) is 3.34. The molecule has 0 amide bonds. The van der Waals surface area contributed by atoms with Crippen LogP contribution in [0.5, 0.6) is 0 Å². The number of sulfone groups is 1. The van der Waals surface area contributed by atoms with Crippen LogP contribution >= 0.6 is 0 Å². The van der Waals surface area contributed by atoms with Crippen LogP contribution in [0.25, 0.3) is 16.9 Å². The Kier molecular flexibility index (Phi) is 3.25. The fourth-order valence-corrected chi connectivity index (χ4v) is 3.12. The number of hydrogen-bond acceptors (Lipinski definition) is 4. The number of nitrogens with zero attached hydrogens (tertiary/aromatic N) is 3. The summed E-state index contributed by atoms with van der Waals surface area (Å²) in [6.07, 6.45) is 3.58. The summed E-state index contributed by atoms with van der Waals surface area (Å²) < 4.78 is 25.8. The Morgan fingerprint density at radius 1 is 1.24 bits per heavy atom. The number of rotatable bonds is 3. The maximum Gasteiger partial charge on any atom is 0.178 e. The lowest BCUT2D eigenvalue weighted by molar-refractivity contribution is 0.597. The van der Waals surface area contributed by atoms with Gasteiger partial charge in [-0.1, -0.05) is 19.1 Å². The summed E-state index contributed by atoms with van der Waals surface area (Å²) in [5, 5.41) is 0. The number of aromatic nitrogens is 3. The molecule has 5 nitrogen and oxygen atoms in total. The highest BCUT2D eigenvalue weighted by Crippen LogP contribution is 2.22. The number of imidazole rings is 1.